The fourth-order valence-electron chi connectivity index (χ4n) is 4.37. The molecule has 1 saturated heterocycles. The minimum absolute atomic E-state index is 0.000801. The van der Waals surface area contributed by atoms with Crippen molar-refractivity contribution in [2.45, 2.75) is 25.8 Å². The van der Waals surface area contributed by atoms with Gasteiger partial charge in [-0.2, -0.15) is 8.78 Å². The van der Waals surface area contributed by atoms with Crippen LogP contribution in [0.15, 0.2) is 46.9 Å². The number of hydrogen-bond donors (Lipinski definition) is 0. The van der Waals surface area contributed by atoms with Crippen molar-refractivity contribution in [2.75, 3.05) is 43.5 Å². The van der Waals surface area contributed by atoms with Crippen LogP contribution in [0.25, 0.3) is 11.5 Å². The minimum atomic E-state index is -2.90. The van der Waals surface area contributed by atoms with Gasteiger partial charge in [0.15, 0.2) is 0 Å². The summed E-state index contributed by atoms with van der Waals surface area (Å²) >= 11 is 0. The second-order valence-corrected chi connectivity index (χ2v) is 8.90. The molecule has 0 bridgehead atoms. The molecule has 0 unspecified atom stereocenters. The summed E-state index contributed by atoms with van der Waals surface area (Å²) in [5, 5.41) is 6.81. The maximum absolute atomic E-state index is 14.9. The number of piperidine rings is 1. The van der Waals surface area contributed by atoms with Crippen molar-refractivity contribution in [3.63, 3.8) is 0 Å². The van der Waals surface area contributed by atoms with Crippen LogP contribution < -0.4 is 9.80 Å². The topological polar surface area (TPSA) is 65.7 Å². The van der Waals surface area contributed by atoms with Crippen LogP contribution in [0.1, 0.15) is 30.7 Å². The Morgan fingerprint density at radius 1 is 1.14 bits per heavy atom. The molecule has 4 rings (SSSR count). The first-order chi connectivity index (χ1) is 16.9. The molecule has 1 aliphatic heterocycles. The molecule has 2 aromatic carbocycles. The average Bonchev–Trinajstić information content (AvgIpc) is 3.36. The number of likely N-dealkylation sites (tertiary alicyclic amines) is 1. The zero-order valence-corrected chi connectivity index (χ0v) is 19.7. The van der Waals surface area contributed by atoms with Crippen molar-refractivity contribution in [2.24, 2.45) is 5.92 Å². The number of carbonyl (C=O) groups is 1. The highest BCUT2D eigenvalue weighted by molar-refractivity contribution is 5.84. The van der Waals surface area contributed by atoms with Gasteiger partial charge in [-0.3, -0.25) is 4.79 Å². The van der Waals surface area contributed by atoms with Crippen LogP contribution in [0.4, 0.5) is 24.5 Å². The fraction of sp³-hybridized carbons (Fsp3) is 0.400. The van der Waals surface area contributed by atoms with Crippen LogP contribution in [0.5, 0.6) is 0 Å². The lowest BCUT2D eigenvalue weighted by molar-refractivity contribution is -0.107. The van der Waals surface area contributed by atoms with Gasteiger partial charge in [-0.05, 0) is 63.2 Å². The zero-order chi connectivity index (χ0) is 24.9. The predicted molar refractivity (Wildman–Crippen MR) is 127 cm³/mol. The van der Waals surface area contributed by atoms with Gasteiger partial charge in [0, 0.05) is 24.7 Å². The van der Waals surface area contributed by atoms with Crippen LogP contribution in [0, 0.1) is 11.7 Å². The van der Waals surface area contributed by atoms with E-state index in [-0.39, 0.29) is 23.6 Å². The van der Waals surface area contributed by atoms with Gasteiger partial charge in [0.2, 0.25) is 12.3 Å². The molecule has 0 N–H and O–H groups in total. The van der Waals surface area contributed by atoms with Crippen LogP contribution in [0.2, 0.25) is 0 Å². The Labute approximate surface area is 202 Å². The van der Waals surface area contributed by atoms with E-state index in [0.29, 0.717) is 18.0 Å². The van der Waals surface area contributed by atoms with E-state index in [4.69, 9.17) is 4.42 Å². The Bertz CT molecular complexity index is 1150. The Kier molecular flexibility index (Phi) is 7.70. The first-order valence-electron chi connectivity index (χ1n) is 11.5. The quantitative estimate of drug-likeness (QED) is 0.406. The molecule has 2 heterocycles. The van der Waals surface area contributed by atoms with Crippen molar-refractivity contribution >= 4 is 17.8 Å². The molecule has 1 aromatic heterocycles. The fourth-order valence-corrected chi connectivity index (χ4v) is 4.37. The number of para-hydroxylation sites is 2. The maximum Gasteiger partial charge on any atom is 0.314 e. The number of alkyl halides is 2. The van der Waals surface area contributed by atoms with Crippen molar-refractivity contribution in [3.05, 3.63) is 59.7 Å². The third-order valence-electron chi connectivity index (χ3n) is 6.37. The first kappa shape index (κ1) is 24.7. The van der Waals surface area contributed by atoms with E-state index in [1.54, 1.807) is 0 Å². The molecule has 1 aliphatic rings. The van der Waals surface area contributed by atoms with Crippen LogP contribution in [-0.4, -0.2) is 55.2 Å². The van der Waals surface area contributed by atoms with Gasteiger partial charge < -0.3 is 19.1 Å². The molecule has 186 valence electrons. The minimum Gasteiger partial charge on any atom is -0.415 e. The van der Waals surface area contributed by atoms with Crippen LogP contribution in [0.3, 0.4) is 0 Å². The summed E-state index contributed by atoms with van der Waals surface area (Å²) < 4.78 is 45.2. The molecule has 10 heteroatoms. The summed E-state index contributed by atoms with van der Waals surface area (Å²) in [5.74, 6) is -1.06. The smallest absolute Gasteiger partial charge is 0.314 e. The molecule has 7 nitrogen and oxygen atoms in total. The molecule has 1 fully saturated rings. The van der Waals surface area contributed by atoms with Gasteiger partial charge in [-0.1, -0.05) is 18.2 Å². The highest BCUT2D eigenvalue weighted by atomic mass is 19.3. The molecule has 35 heavy (non-hydrogen) atoms. The summed E-state index contributed by atoms with van der Waals surface area (Å²) in [6.45, 7) is 3.01. The molecule has 0 radical (unpaired) electrons. The highest BCUT2D eigenvalue weighted by Crippen LogP contribution is 2.32. The third kappa shape index (κ3) is 5.82. The Morgan fingerprint density at radius 2 is 1.86 bits per heavy atom. The Morgan fingerprint density at radius 3 is 2.49 bits per heavy atom. The van der Waals surface area contributed by atoms with E-state index >= 15 is 0 Å². The number of benzene rings is 2. The predicted octanol–water partition coefficient (Wildman–Crippen LogP) is 4.75. The summed E-state index contributed by atoms with van der Waals surface area (Å²) in [5.41, 5.74) is 2.02. The van der Waals surface area contributed by atoms with Gasteiger partial charge in [0.25, 0.3) is 5.89 Å². The number of hydrogen-bond acceptors (Lipinski definition) is 6. The summed E-state index contributed by atoms with van der Waals surface area (Å²) in [4.78, 5) is 18.0. The van der Waals surface area contributed by atoms with Gasteiger partial charge in [0.1, 0.15) is 5.82 Å². The second kappa shape index (κ2) is 10.9. The average molecular weight is 488 g/mol. The number of anilines is 2. The van der Waals surface area contributed by atoms with E-state index in [2.05, 4.69) is 27.0 Å². The van der Waals surface area contributed by atoms with Crippen molar-refractivity contribution in [1.82, 2.24) is 15.1 Å². The normalized spacial score (nSPS) is 14.9. The van der Waals surface area contributed by atoms with E-state index in [1.165, 1.54) is 17.0 Å². The van der Waals surface area contributed by atoms with E-state index < -0.39 is 18.1 Å². The lowest BCUT2D eigenvalue weighted by atomic mass is 9.96. The highest BCUT2D eigenvalue weighted by Gasteiger charge is 2.22. The molecule has 0 atom stereocenters. The summed E-state index contributed by atoms with van der Waals surface area (Å²) in [6, 6.07) is 11.7. The summed E-state index contributed by atoms with van der Waals surface area (Å²) in [6.07, 6.45) is 0.0232. The number of aromatic nitrogens is 2. The molecule has 0 aliphatic carbocycles. The van der Waals surface area contributed by atoms with Gasteiger partial charge >= 0.3 is 6.43 Å². The van der Waals surface area contributed by atoms with Crippen LogP contribution >= 0.6 is 0 Å². The van der Waals surface area contributed by atoms with E-state index in [9.17, 15) is 18.0 Å². The Balaban J connectivity index is 1.51. The Hall–Kier alpha value is -3.40. The van der Waals surface area contributed by atoms with Gasteiger partial charge in [0.05, 0.1) is 17.9 Å². The monoisotopic (exact) mass is 487 g/mol. The third-order valence-corrected chi connectivity index (χ3v) is 6.37. The van der Waals surface area contributed by atoms with E-state index in [1.807, 2.05) is 31.3 Å². The largest absolute Gasteiger partial charge is 0.415 e. The molecule has 1 amide bonds. The number of halogens is 3. The summed E-state index contributed by atoms with van der Waals surface area (Å²) in [7, 11) is 4.14. The zero-order valence-electron chi connectivity index (χ0n) is 19.7. The number of nitrogens with zero attached hydrogens (tertiary/aromatic N) is 5. The van der Waals surface area contributed by atoms with E-state index in [0.717, 1.165) is 44.2 Å². The standard InChI is InChI=1S/C25H28F3N5O2/c1-31-11-9-17(10-12-31)14-32(2)21-5-3-4-6-22(21)33(16-34)15-19-8-7-18(13-20(19)26)24-29-30-25(35-24)23(27)28/h3-8,13,16-17,23H,9-12,14-15H2,1-2H3. The number of amides is 1. The van der Waals surface area contributed by atoms with Crippen LogP contribution in [-0.2, 0) is 11.3 Å². The number of carbonyl (C=O) groups excluding carboxylic acids is 1. The van der Waals surface area contributed by atoms with Crippen molar-refractivity contribution < 1.29 is 22.4 Å². The first-order valence-corrected chi connectivity index (χ1v) is 11.5. The molecular formula is C25H28F3N5O2. The lowest BCUT2D eigenvalue weighted by Gasteiger charge is -2.34. The molecule has 0 saturated carbocycles. The van der Waals surface area contributed by atoms with Crippen molar-refractivity contribution in [1.29, 1.82) is 0 Å². The molecular weight excluding hydrogens is 459 g/mol. The molecule has 0 spiro atoms. The number of rotatable bonds is 9. The van der Waals surface area contributed by atoms with Crippen molar-refractivity contribution in [3.8, 4) is 11.5 Å². The lowest BCUT2D eigenvalue weighted by Crippen LogP contribution is -2.36. The van der Waals surface area contributed by atoms with Gasteiger partial charge in [-0.15, -0.1) is 10.2 Å². The van der Waals surface area contributed by atoms with Gasteiger partial charge in [-0.25, -0.2) is 4.39 Å². The SMILES string of the molecule is CN1CCC(CN(C)c2ccccc2N(C=O)Cc2ccc(-c3nnc(C(F)F)o3)cc2F)CC1. The second-order valence-electron chi connectivity index (χ2n) is 8.90. The molecule has 3 aromatic rings. The maximum atomic E-state index is 14.9.